The lowest BCUT2D eigenvalue weighted by atomic mass is 10.0. The molecule has 0 spiro atoms. The average molecular weight is 342 g/mol. The zero-order valence-corrected chi connectivity index (χ0v) is 12.4. The molecular formula is C14H16BrNO4. The maximum atomic E-state index is 12.0. The predicted molar refractivity (Wildman–Crippen MR) is 76.0 cm³/mol. The molecule has 1 saturated heterocycles. The SMILES string of the molecule is O=C(O)CC(c1ccc(Br)cc1)N1CC(CO)CC1=O. The third-order valence-corrected chi connectivity index (χ3v) is 4.02. The van der Waals surface area contributed by atoms with Gasteiger partial charge in [0.2, 0.25) is 5.91 Å². The topological polar surface area (TPSA) is 77.8 Å². The second-order valence-corrected chi connectivity index (χ2v) is 5.88. The van der Waals surface area contributed by atoms with Crippen molar-refractivity contribution in [1.29, 1.82) is 0 Å². The van der Waals surface area contributed by atoms with Gasteiger partial charge in [0, 0.05) is 30.0 Å². The first-order valence-electron chi connectivity index (χ1n) is 6.39. The summed E-state index contributed by atoms with van der Waals surface area (Å²) in [6, 6.07) is 6.81. The lowest BCUT2D eigenvalue weighted by molar-refractivity contribution is -0.139. The number of aliphatic hydroxyl groups is 1. The normalized spacial score (nSPS) is 20.2. The molecule has 0 bridgehead atoms. The van der Waals surface area contributed by atoms with Gasteiger partial charge in [-0.25, -0.2) is 0 Å². The monoisotopic (exact) mass is 341 g/mol. The van der Waals surface area contributed by atoms with Gasteiger partial charge in [0.05, 0.1) is 12.5 Å². The molecule has 20 heavy (non-hydrogen) atoms. The Morgan fingerprint density at radius 3 is 2.55 bits per heavy atom. The molecule has 1 aromatic carbocycles. The van der Waals surface area contributed by atoms with Crippen molar-refractivity contribution in [3.63, 3.8) is 0 Å². The largest absolute Gasteiger partial charge is 0.481 e. The molecule has 0 radical (unpaired) electrons. The lowest BCUT2D eigenvalue weighted by Crippen LogP contribution is -2.32. The highest BCUT2D eigenvalue weighted by Crippen LogP contribution is 2.31. The first-order valence-corrected chi connectivity index (χ1v) is 7.18. The van der Waals surface area contributed by atoms with Crippen LogP contribution in [0.4, 0.5) is 0 Å². The molecule has 108 valence electrons. The number of likely N-dealkylation sites (tertiary alicyclic amines) is 1. The van der Waals surface area contributed by atoms with E-state index in [9.17, 15) is 14.7 Å². The van der Waals surface area contributed by atoms with Gasteiger partial charge >= 0.3 is 5.97 Å². The number of nitrogens with zero attached hydrogens (tertiary/aromatic N) is 1. The maximum Gasteiger partial charge on any atom is 0.305 e. The van der Waals surface area contributed by atoms with Crippen LogP contribution in [0.5, 0.6) is 0 Å². The van der Waals surface area contributed by atoms with E-state index in [0.717, 1.165) is 10.0 Å². The number of carbonyl (C=O) groups excluding carboxylic acids is 1. The molecule has 0 aromatic heterocycles. The van der Waals surface area contributed by atoms with Crippen molar-refractivity contribution in [3.05, 3.63) is 34.3 Å². The van der Waals surface area contributed by atoms with E-state index in [4.69, 9.17) is 5.11 Å². The van der Waals surface area contributed by atoms with Gasteiger partial charge in [0.15, 0.2) is 0 Å². The number of aliphatic carboxylic acids is 1. The highest BCUT2D eigenvalue weighted by atomic mass is 79.9. The summed E-state index contributed by atoms with van der Waals surface area (Å²) in [5, 5.41) is 18.2. The second kappa shape index (κ2) is 6.37. The molecule has 2 rings (SSSR count). The maximum absolute atomic E-state index is 12.0. The van der Waals surface area contributed by atoms with Crippen molar-refractivity contribution in [1.82, 2.24) is 4.90 Å². The van der Waals surface area contributed by atoms with Crippen molar-refractivity contribution in [2.24, 2.45) is 5.92 Å². The van der Waals surface area contributed by atoms with E-state index in [1.54, 1.807) is 4.90 Å². The Labute approximate surface area is 125 Å². The van der Waals surface area contributed by atoms with Crippen molar-refractivity contribution in [3.8, 4) is 0 Å². The van der Waals surface area contributed by atoms with Crippen LogP contribution >= 0.6 is 15.9 Å². The summed E-state index contributed by atoms with van der Waals surface area (Å²) in [4.78, 5) is 24.7. The van der Waals surface area contributed by atoms with Crippen LogP contribution in [0.25, 0.3) is 0 Å². The van der Waals surface area contributed by atoms with Gasteiger partial charge in [-0.15, -0.1) is 0 Å². The Kier molecular flexibility index (Phi) is 4.77. The summed E-state index contributed by atoms with van der Waals surface area (Å²) >= 11 is 3.33. The minimum atomic E-state index is -0.946. The lowest BCUT2D eigenvalue weighted by Gasteiger charge is -2.27. The van der Waals surface area contributed by atoms with Crippen molar-refractivity contribution < 1.29 is 19.8 Å². The van der Waals surface area contributed by atoms with Crippen LogP contribution in [0.3, 0.4) is 0 Å². The van der Waals surface area contributed by atoms with Crippen LogP contribution in [0, 0.1) is 5.92 Å². The first kappa shape index (κ1) is 15.0. The van der Waals surface area contributed by atoms with Gasteiger partial charge in [-0.05, 0) is 17.7 Å². The predicted octanol–water partition coefficient (Wildman–Crippen LogP) is 1.81. The van der Waals surface area contributed by atoms with Crippen LogP contribution in [0.1, 0.15) is 24.4 Å². The fourth-order valence-electron chi connectivity index (χ4n) is 2.49. The van der Waals surface area contributed by atoms with E-state index in [-0.39, 0.29) is 31.3 Å². The number of carboxylic acid groups (broad SMARTS) is 1. The Bertz CT molecular complexity index is 502. The number of benzene rings is 1. The Morgan fingerprint density at radius 2 is 2.05 bits per heavy atom. The quantitative estimate of drug-likeness (QED) is 0.856. The Hall–Kier alpha value is -1.40. The molecule has 2 N–H and O–H groups in total. The molecule has 1 aromatic rings. The first-order chi connectivity index (χ1) is 9.51. The minimum Gasteiger partial charge on any atom is -0.481 e. The molecular weight excluding hydrogens is 326 g/mol. The molecule has 0 aliphatic carbocycles. The van der Waals surface area contributed by atoms with E-state index in [1.165, 1.54) is 0 Å². The smallest absolute Gasteiger partial charge is 0.305 e. The summed E-state index contributed by atoms with van der Waals surface area (Å²) in [7, 11) is 0. The fraction of sp³-hybridized carbons (Fsp3) is 0.429. The fourth-order valence-corrected chi connectivity index (χ4v) is 2.75. The van der Waals surface area contributed by atoms with Gasteiger partial charge < -0.3 is 15.1 Å². The summed E-state index contributed by atoms with van der Waals surface area (Å²) in [5.41, 5.74) is 0.794. The molecule has 6 heteroatoms. The third kappa shape index (κ3) is 3.37. The summed E-state index contributed by atoms with van der Waals surface area (Å²) in [6.45, 7) is 0.353. The third-order valence-electron chi connectivity index (χ3n) is 3.50. The number of rotatable bonds is 5. The van der Waals surface area contributed by atoms with Crippen LogP contribution in [-0.4, -0.2) is 40.1 Å². The highest BCUT2D eigenvalue weighted by molar-refractivity contribution is 9.10. The highest BCUT2D eigenvalue weighted by Gasteiger charge is 2.35. The molecule has 2 atom stereocenters. The standard InChI is InChI=1S/C14H16BrNO4/c15-11-3-1-10(2-4-11)12(6-14(19)20)16-7-9(8-17)5-13(16)18/h1-4,9,12,17H,5-8H2,(H,19,20). The molecule has 5 nitrogen and oxygen atoms in total. The average Bonchev–Trinajstić information content (AvgIpc) is 2.78. The van der Waals surface area contributed by atoms with Crippen LogP contribution in [0.2, 0.25) is 0 Å². The number of hydrogen-bond acceptors (Lipinski definition) is 3. The number of carbonyl (C=O) groups is 2. The van der Waals surface area contributed by atoms with Crippen molar-refractivity contribution in [2.45, 2.75) is 18.9 Å². The minimum absolute atomic E-state index is 0.0532. The zero-order chi connectivity index (χ0) is 14.7. The summed E-state index contributed by atoms with van der Waals surface area (Å²) < 4.78 is 0.899. The number of halogens is 1. The van der Waals surface area contributed by atoms with E-state index in [1.807, 2.05) is 24.3 Å². The number of amides is 1. The molecule has 1 aliphatic rings. The van der Waals surface area contributed by atoms with Gasteiger partial charge in [0.25, 0.3) is 0 Å². The van der Waals surface area contributed by atoms with Crippen molar-refractivity contribution >= 4 is 27.8 Å². The summed E-state index contributed by atoms with van der Waals surface area (Å²) in [6.07, 6.45) is 0.147. The summed E-state index contributed by atoms with van der Waals surface area (Å²) in [5.74, 6) is -1.15. The van der Waals surface area contributed by atoms with Crippen LogP contribution in [0.15, 0.2) is 28.7 Å². The number of aliphatic hydroxyl groups excluding tert-OH is 1. The molecule has 1 aliphatic heterocycles. The van der Waals surface area contributed by atoms with E-state index in [0.29, 0.717) is 6.54 Å². The van der Waals surface area contributed by atoms with Crippen LogP contribution < -0.4 is 0 Å². The molecule has 1 fully saturated rings. The Balaban J connectivity index is 2.26. The molecule has 0 saturated carbocycles. The van der Waals surface area contributed by atoms with Crippen molar-refractivity contribution in [2.75, 3.05) is 13.2 Å². The zero-order valence-electron chi connectivity index (χ0n) is 10.8. The second-order valence-electron chi connectivity index (χ2n) is 4.96. The molecule has 1 heterocycles. The van der Waals surface area contributed by atoms with Gasteiger partial charge in [-0.3, -0.25) is 9.59 Å². The Morgan fingerprint density at radius 1 is 1.40 bits per heavy atom. The molecule has 2 unspecified atom stereocenters. The number of hydrogen-bond donors (Lipinski definition) is 2. The van der Waals surface area contributed by atoms with E-state index < -0.39 is 12.0 Å². The van der Waals surface area contributed by atoms with Crippen LogP contribution in [-0.2, 0) is 9.59 Å². The number of carboxylic acids is 1. The van der Waals surface area contributed by atoms with E-state index in [2.05, 4.69) is 15.9 Å². The van der Waals surface area contributed by atoms with Gasteiger partial charge in [-0.1, -0.05) is 28.1 Å². The van der Waals surface area contributed by atoms with E-state index >= 15 is 0 Å². The molecule has 1 amide bonds. The van der Waals surface area contributed by atoms with Gasteiger partial charge in [-0.2, -0.15) is 0 Å². The van der Waals surface area contributed by atoms with Gasteiger partial charge in [0.1, 0.15) is 0 Å².